The summed E-state index contributed by atoms with van der Waals surface area (Å²) in [6.07, 6.45) is 2.00. The van der Waals surface area contributed by atoms with Crippen LogP contribution in [0.4, 0.5) is 11.4 Å². The number of nitroso groups, excluding NO2 is 1. The summed E-state index contributed by atoms with van der Waals surface area (Å²) in [6, 6.07) is 3.48. The molecule has 0 aliphatic carbocycles. The maximum Gasteiger partial charge on any atom is 0.166 e. The molecule has 0 atom stereocenters. The molecule has 1 aromatic heterocycles. The van der Waals surface area contributed by atoms with Crippen molar-refractivity contribution in [1.29, 1.82) is 0 Å². The maximum absolute atomic E-state index is 10.7. The first-order chi connectivity index (χ1) is 10.3. The third-order valence-corrected chi connectivity index (χ3v) is 3.85. The lowest BCUT2D eigenvalue weighted by Gasteiger charge is -2.32. The Hall–Kier alpha value is -2.58. The molecule has 2 N–H and O–H groups in total. The molecule has 0 bridgehead atoms. The lowest BCUT2D eigenvalue weighted by molar-refractivity contribution is 0.315. The van der Waals surface area contributed by atoms with Crippen LogP contribution in [-0.2, 0) is 0 Å². The van der Waals surface area contributed by atoms with E-state index in [0.29, 0.717) is 23.5 Å². The van der Waals surface area contributed by atoms with E-state index in [1.165, 1.54) is 0 Å². The zero-order valence-electron chi connectivity index (χ0n) is 11.3. The first-order valence-electron chi connectivity index (χ1n) is 6.73. The third kappa shape index (κ3) is 2.54. The van der Waals surface area contributed by atoms with Crippen molar-refractivity contribution in [1.82, 2.24) is 10.3 Å². The molecule has 0 radical (unpaired) electrons. The summed E-state index contributed by atoms with van der Waals surface area (Å²) in [5, 5.41) is 17.7. The molecule has 1 fully saturated rings. The van der Waals surface area contributed by atoms with E-state index in [0.717, 1.165) is 31.6 Å². The fourth-order valence-electron chi connectivity index (χ4n) is 2.69. The molecule has 2 aromatic rings. The van der Waals surface area contributed by atoms with Gasteiger partial charge >= 0.3 is 0 Å². The van der Waals surface area contributed by atoms with Crippen molar-refractivity contribution in [3.05, 3.63) is 17.0 Å². The zero-order valence-corrected chi connectivity index (χ0v) is 11.3. The molecule has 1 saturated heterocycles. The summed E-state index contributed by atoms with van der Waals surface area (Å²) in [5.74, 6) is 5.53. The predicted molar refractivity (Wildman–Crippen MR) is 76.1 cm³/mol. The van der Waals surface area contributed by atoms with Gasteiger partial charge in [0.2, 0.25) is 0 Å². The molecular formula is C12H15N7O2. The molecule has 1 aliphatic heterocycles. The van der Waals surface area contributed by atoms with E-state index < -0.39 is 0 Å². The number of benzene rings is 1. The molecule has 2 heterocycles. The number of fused-ring (bicyclic) bond motifs is 1. The molecule has 110 valence electrons. The van der Waals surface area contributed by atoms with Crippen LogP contribution in [0, 0.1) is 10.8 Å². The average molecular weight is 289 g/mol. The number of rotatable bonds is 4. The van der Waals surface area contributed by atoms with Crippen LogP contribution in [0.15, 0.2) is 32.3 Å². The minimum absolute atomic E-state index is 0.244. The molecule has 1 aliphatic rings. The SMILES string of the molecule is NN=NCC1CCN(c2ccc(N=O)c3nonc23)CC1. The smallest absolute Gasteiger partial charge is 0.166 e. The van der Waals surface area contributed by atoms with Gasteiger partial charge in [0.15, 0.2) is 11.0 Å². The van der Waals surface area contributed by atoms with Crippen molar-refractivity contribution in [3.8, 4) is 0 Å². The fourth-order valence-corrected chi connectivity index (χ4v) is 2.69. The number of piperidine rings is 1. The molecule has 9 nitrogen and oxygen atoms in total. The first-order valence-corrected chi connectivity index (χ1v) is 6.73. The van der Waals surface area contributed by atoms with Gasteiger partial charge in [-0.05, 0) is 46.4 Å². The van der Waals surface area contributed by atoms with Gasteiger partial charge in [0, 0.05) is 13.1 Å². The van der Waals surface area contributed by atoms with Gasteiger partial charge in [-0.15, -0.1) is 4.91 Å². The van der Waals surface area contributed by atoms with Crippen LogP contribution in [0.1, 0.15) is 12.8 Å². The molecule has 9 heteroatoms. The second-order valence-corrected chi connectivity index (χ2v) is 5.03. The highest BCUT2D eigenvalue weighted by atomic mass is 16.6. The molecule has 1 aromatic carbocycles. The summed E-state index contributed by atoms with van der Waals surface area (Å²) in [4.78, 5) is 13.0. The van der Waals surface area contributed by atoms with Gasteiger partial charge in [0.25, 0.3) is 0 Å². The summed E-state index contributed by atoms with van der Waals surface area (Å²) in [6.45, 7) is 2.42. The van der Waals surface area contributed by atoms with Crippen molar-refractivity contribution in [2.24, 2.45) is 27.3 Å². The van der Waals surface area contributed by atoms with Gasteiger partial charge in [-0.25, -0.2) is 4.63 Å². The van der Waals surface area contributed by atoms with Gasteiger partial charge in [-0.1, -0.05) is 5.22 Å². The Morgan fingerprint density at radius 1 is 1.29 bits per heavy atom. The van der Waals surface area contributed by atoms with Crippen LogP contribution in [-0.4, -0.2) is 29.9 Å². The number of nitrogens with zero attached hydrogens (tertiary/aromatic N) is 6. The maximum atomic E-state index is 10.7. The Labute approximate surface area is 120 Å². The molecule has 21 heavy (non-hydrogen) atoms. The Morgan fingerprint density at radius 3 is 2.76 bits per heavy atom. The van der Waals surface area contributed by atoms with E-state index in [2.05, 4.69) is 30.7 Å². The van der Waals surface area contributed by atoms with Crippen LogP contribution in [0.3, 0.4) is 0 Å². The van der Waals surface area contributed by atoms with E-state index in [1.54, 1.807) is 6.07 Å². The highest BCUT2D eigenvalue weighted by Gasteiger charge is 2.23. The minimum Gasteiger partial charge on any atom is -0.370 e. The van der Waals surface area contributed by atoms with Gasteiger partial charge in [0.1, 0.15) is 5.69 Å². The molecule has 0 spiro atoms. The third-order valence-electron chi connectivity index (χ3n) is 3.85. The van der Waals surface area contributed by atoms with Crippen molar-refractivity contribution in [2.45, 2.75) is 12.8 Å². The monoisotopic (exact) mass is 289 g/mol. The number of nitrogens with two attached hydrogens (primary N) is 1. The van der Waals surface area contributed by atoms with E-state index in [-0.39, 0.29) is 5.69 Å². The summed E-state index contributed by atoms with van der Waals surface area (Å²) < 4.78 is 4.75. The van der Waals surface area contributed by atoms with E-state index >= 15 is 0 Å². The number of anilines is 1. The summed E-state index contributed by atoms with van der Waals surface area (Å²) >= 11 is 0. The van der Waals surface area contributed by atoms with Gasteiger partial charge in [-0.3, -0.25) is 0 Å². The Balaban J connectivity index is 1.80. The Kier molecular flexibility index (Phi) is 3.71. The van der Waals surface area contributed by atoms with Crippen molar-refractivity contribution in [2.75, 3.05) is 24.5 Å². The van der Waals surface area contributed by atoms with Crippen molar-refractivity contribution >= 4 is 22.4 Å². The Bertz CT molecular complexity index is 661. The van der Waals surface area contributed by atoms with Crippen molar-refractivity contribution < 1.29 is 4.63 Å². The number of aromatic nitrogens is 2. The van der Waals surface area contributed by atoms with Crippen LogP contribution in [0.2, 0.25) is 0 Å². The largest absolute Gasteiger partial charge is 0.370 e. The van der Waals surface area contributed by atoms with Crippen LogP contribution >= 0.6 is 0 Å². The standard InChI is InChI=1S/C12H15N7O2/c13-18-14-7-8-3-5-19(6-4-8)10-2-1-9(15-20)11-12(10)17-21-16-11/h1-2,8H,3-7H2,(H2,13,14). The first kappa shape index (κ1) is 13.4. The van der Waals surface area contributed by atoms with E-state index in [1.807, 2.05) is 6.07 Å². The van der Waals surface area contributed by atoms with Gasteiger partial charge < -0.3 is 10.7 Å². The summed E-state index contributed by atoms with van der Waals surface area (Å²) in [5.41, 5.74) is 2.14. The Morgan fingerprint density at radius 2 is 2.05 bits per heavy atom. The van der Waals surface area contributed by atoms with Gasteiger partial charge in [0.05, 0.1) is 12.2 Å². The van der Waals surface area contributed by atoms with Crippen molar-refractivity contribution in [3.63, 3.8) is 0 Å². The second-order valence-electron chi connectivity index (χ2n) is 5.03. The van der Waals surface area contributed by atoms with Crippen LogP contribution in [0.25, 0.3) is 11.0 Å². The lowest BCUT2D eigenvalue weighted by Crippen LogP contribution is -2.34. The molecular weight excluding hydrogens is 274 g/mol. The second kappa shape index (κ2) is 5.81. The highest BCUT2D eigenvalue weighted by Crippen LogP contribution is 2.33. The van der Waals surface area contributed by atoms with Crippen LogP contribution < -0.4 is 10.7 Å². The predicted octanol–water partition coefficient (Wildman–Crippen LogP) is 2.16. The lowest BCUT2D eigenvalue weighted by atomic mass is 9.96. The fraction of sp³-hybridized carbons (Fsp3) is 0.500. The van der Waals surface area contributed by atoms with Crippen LogP contribution in [0.5, 0.6) is 0 Å². The molecule has 3 rings (SSSR count). The van der Waals surface area contributed by atoms with E-state index in [4.69, 9.17) is 10.5 Å². The number of hydrogen-bond acceptors (Lipinski definition) is 8. The highest BCUT2D eigenvalue weighted by molar-refractivity contribution is 5.95. The normalized spacial score (nSPS) is 16.9. The number of hydrogen-bond donors (Lipinski definition) is 1. The topological polar surface area (TPSA) is 122 Å². The quantitative estimate of drug-likeness (QED) is 0.398. The average Bonchev–Trinajstić information content (AvgIpc) is 3.02. The minimum atomic E-state index is 0.244. The molecule has 0 unspecified atom stereocenters. The zero-order chi connectivity index (χ0) is 14.7. The van der Waals surface area contributed by atoms with E-state index in [9.17, 15) is 4.91 Å². The molecule has 0 amide bonds. The molecule has 0 saturated carbocycles. The summed E-state index contributed by atoms with van der Waals surface area (Å²) in [7, 11) is 0. The van der Waals surface area contributed by atoms with Gasteiger partial charge in [-0.2, -0.15) is 5.11 Å².